The van der Waals surface area contributed by atoms with Crippen molar-refractivity contribution in [3.05, 3.63) is 11.7 Å². The molecule has 0 saturated heterocycles. The van der Waals surface area contributed by atoms with E-state index in [0.29, 0.717) is 11.7 Å². The van der Waals surface area contributed by atoms with Crippen molar-refractivity contribution in [1.29, 1.82) is 0 Å². The second kappa shape index (κ2) is 5.61. The molecule has 1 heterocycles. The second-order valence-corrected chi connectivity index (χ2v) is 5.83. The molecule has 1 rings (SSSR count). The lowest BCUT2D eigenvalue weighted by atomic mass is 9.88. The maximum Gasteiger partial charge on any atom is 0.234 e. The van der Waals surface area contributed by atoms with E-state index in [9.17, 15) is 4.79 Å². The van der Waals surface area contributed by atoms with Crippen molar-refractivity contribution in [3.63, 3.8) is 0 Å². The van der Waals surface area contributed by atoms with E-state index in [-0.39, 0.29) is 29.6 Å². The molecule has 0 aliphatic rings. The molecule has 0 aromatic carbocycles. The van der Waals surface area contributed by atoms with Gasteiger partial charge < -0.3 is 9.26 Å². The summed E-state index contributed by atoms with van der Waals surface area (Å²) in [6, 6.07) is 0. The Hall–Kier alpha value is -1.23. The highest BCUT2D eigenvalue weighted by Gasteiger charge is 2.30. The number of Topliss-reactive ketones (excluding diaryl/α,β-unsaturated/α-hetero) is 1. The molecular weight excluding hydrogens is 232 g/mol. The molecule has 0 bridgehead atoms. The lowest BCUT2D eigenvalue weighted by Gasteiger charge is -2.26. The van der Waals surface area contributed by atoms with E-state index >= 15 is 0 Å². The Bertz CT molecular complexity index is 405. The normalized spacial score (nSPS) is 13.9. The predicted octanol–water partition coefficient (Wildman–Crippen LogP) is 2.57. The van der Waals surface area contributed by atoms with E-state index in [2.05, 4.69) is 10.1 Å². The maximum atomic E-state index is 11.6. The molecule has 0 amide bonds. The second-order valence-electron chi connectivity index (χ2n) is 5.83. The van der Waals surface area contributed by atoms with Crippen LogP contribution in [0.5, 0.6) is 0 Å². The van der Waals surface area contributed by atoms with Crippen LogP contribution in [0.1, 0.15) is 52.4 Å². The summed E-state index contributed by atoms with van der Waals surface area (Å²) in [6.07, 6.45) is -0.0604. The highest BCUT2D eigenvalue weighted by Crippen LogP contribution is 2.33. The van der Waals surface area contributed by atoms with Crippen molar-refractivity contribution in [2.45, 2.75) is 47.1 Å². The van der Waals surface area contributed by atoms with Crippen LogP contribution in [0.3, 0.4) is 0 Å². The minimum absolute atomic E-state index is 0.0267. The van der Waals surface area contributed by atoms with E-state index < -0.39 is 0 Å². The number of hydrogen-bond donors (Lipinski definition) is 0. The molecule has 0 aliphatic carbocycles. The van der Waals surface area contributed by atoms with E-state index in [0.717, 1.165) is 0 Å². The summed E-state index contributed by atoms with van der Waals surface area (Å²) >= 11 is 0. The van der Waals surface area contributed by atoms with Crippen LogP contribution in [0.15, 0.2) is 4.52 Å². The Morgan fingerprint density at radius 2 is 2.00 bits per heavy atom. The smallest absolute Gasteiger partial charge is 0.234 e. The summed E-state index contributed by atoms with van der Waals surface area (Å²) in [4.78, 5) is 15.8. The minimum atomic E-state index is -0.246. The molecule has 18 heavy (non-hydrogen) atoms. The molecule has 5 heteroatoms. The molecule has 1 aromatic heterocycles. The molecule has 0 N–H and O–H groups in total. The molecule has 0 saturated carbocycles. The van der Waals surface area contributed by atoms with Crippen molar-refractivity contribution in [1.82, 2.24) is 10.1 Å². The Morgan fingerprint density at radius 1 is 1.39 bits per heavy atom. The summed E-state index contributed by atoms with van der Waals surface area (Å²) in [5, 5.41) is 3.90. The van der Waals surface area contributed by atoms with Crippen molar-refractivity contribution in [2.75, 3.05) is 7.11 Å². The van der Waals surface area contributed by atoms with Gasteiger partial charge in [0.2, 0.25) is 11.7 Å². The molecule has 1 atom stereocenters. The molecule has 102 valence electrons. The molecule has 1 unspecified atom stereocenters. The number of ether oxygens (including phenoxy) is 1. The lowest BCUT2D eigenvalue weighted by Crippen LogP contribution is -2.21. The quantitative estimate of drug-likeness (QED) is 0.808. The van der Waals surface area contributed by atoms with Gasteiger partial charge in [-0.2, -0.15) is 4.98 Å². The van der Waals surface area contributed by atoms with Gasteiger partial charge in [0.25, 0.3) is 0 Å². The predicted molar refractivity (Wildman–Crippen MR) is 67.1 cm³/mol. The Labute approximate surface area is 108 Å². The van der Waals surface area contributed by atoms with Gasteiger partial charge in [-0.15, -0.1) is 0 Å². The number of methoxy groups -OCH3 is 1. The first-order valence-electron chi connectivity index (χ1n) is 6.13. The largest absolute Gasteiger partial charge is 0.373 e. The first-order chi connectivity index (χ1) is 8.25. The fraction of sp³-hybridized carbons (Fsp3) is 0.769. The monoisotopic (exact) mass is 254 g/mol. The van der Waals surface area contributed by atoms with Gasteiger partial charge in [-0.05, 0) is 5.41 Å². The molecule has 0 fully saturated rings. The number of hydrogen-bond acceptors (Lipinski definition) is 5. The first-order valence-corrected chi connectivity index (χ1v) is 6.13. The van der Waals surface area contributed by atoms with E-state index in [1.54, 1.807) is 7.11 Å². The number of rotatable bonds is 5. The first kappa shape index (κ1) is 14.8. The molecule has 0 radical (unpaired) electrons. The minimum Gasteiger partial charge on any atom is -0.373 e. The average Bonchev–Trinajstić information content (AvgIpc) is 2.64. The van der Waals surface area contributed by atoms with Crippen molar-refractivity contribution >= 4 is 5.78 Å². The van der Waals surface area contributed by atoms with Gasteiger partial charge in [0.15, 0.2) is 0 Å². The third-order valence-electron chi connectivity index (χ3n) is 2.71. The fourth-order valence-corrected chi connectivity index (χ4v) is 1.65. The SMILES string of the molecule is COC(c1noc(CC(=O)C(C)C)n1)C(C)(C)C. The fourth-order valence-electron chi connectivity index (χ4n) is 1.65. The van der Waals surface area contributed by atoms with Gasteiger partial charge in [-0.1, -0.05) is 39.8 Å². The topological polar surface area (TPSA) is 65.2 Å². The Balaban J connectivity index is 2.82. The summed E-state index contributed by atoms with van der Waals surface area (Å²) in [7, 11) is 1.62. The standard InChI is InChI=1S/C13H22N2O3/c1-8(2)9(16)7-10-14-12(15-18-10)11(17-6)13(3,4)5/h8,11H,7H2,1-6H3. The number of carbonyl (C=O) groups excluding carboxylic acids is 1. The van der Waals surface area contributed by atoms with Gasteiger partial charge in [0.05, 0.1) is 6.42 Å². The van der Waals surface area contributed by atoms with Crippen molar-refractivity contribution < 1.29 is 14.1 Å². The third kappa shape index (κ3) is 3.63. The van der Waals surface area contributed by atoms with Crippen LogP contribution in [-0.2, 0) is 16.0 Å². The molecule has 0 aliphatic heterocycles. The van der Waals surface area contributed by atoms with Crippen LogP contribution in [0.4, 0.5) is 0 Å². The highest BCUT2D eigenvalue weighted by molar-refractivity contribution is 5.81. The maximum absolute atomic E-state index is 11.6. The highest BCUT2D eigenvalue weighted by atomic mass is 16.5. The van der Waals surface area contributed by atoms with Crippen LogP contribution in [-0.4, -0.2) is 23.0 Å². The lowest BCUT2D eigenvalue weighted by molar-refractivity contribution is -0.121. The summed E-state index contributed by atoms with van der Waals surface area (Å²) in [5.41, 5.74) is -0.127. The van der Waals surface area contributed by atoms with E-state index in [4.69, 9.17) is 9.26 Å². The van der Waals surface area contributed by atoms with E-state index in [1.165, 1.54) is 0 Å². The van der Waals surface area contributed by atoms with Gasteiger partial charge in [-0.3, -0.25) is 4.79 Å². The number of nitrogens with zero attached hydrogens (tertiary/aromatic N) is 2. The third-order valence-corrected chi connectivity index (χ3v) is 2.71. The van der Waals surface area contributed by atoms with Crippen LogP contribution in [0.2, 0.25) is 0 Å². The molecule has 0 spiro atoms. The Morgan fingerprint density at radius 3 is 2.44 bits per heavy atom. The van der Waals surface area contributed by atoms with Gasteiger partial charge in [-0.25, -0.2) is 0 Å². The van der Waals surface area contributed by atoms with Crippen molar-refractivity contribution in [2.24, 2.45) is 11.3 Å². The summed E-state index contributed by atoms with van der Waals surface area (Å²) in [5.74, 6) is 0.919. The van der Waals surface area contributed by atoms with E-state index in [1.807, 2.05) is 34.6 Å². The zero-order valence-corrected chi connectivity index (χ0v) is 12.0. The van der Waals surface area contributed by atoms with Crippen LogP contribution in [0, 0.1) is 11.3 Å². The zero-order valence-electron chi connectivity index (χ0n) is 12.0. The number of carbonyl (C=O) groups is 1. The van der Waals surface area contributed by atoms with Gasteiger partial charge >= 0.3 is 0 Å². The molecular formula is C13H22N2O3. The average molecular weight is 254 g/mol. The molecule has 1 aromatic rings. The van der Waals surface area contributed by atoms with Crippen LogP contribution >= 0.6 is 0 Å². The summed E-state index contributed by atoms with van der Waals surface area (Å²) in [6.45, 7) is 9.82. The number of ketones is 1. The van der Waals surface area contributed by atoms with Crippen molar-refractivity contribution in [3.8, 4) is 0 Å². The number of aromatic nitrogens is 2. The molecule has 5 nitrogen and oxygen atoms in total. The summed E-state index contributed by atoms with van der Waals surface area (Å²) < 4.78 is 10.5. The van der Waals surface area contributed by atoms with Gasteiger partial charge in [0.1, 0.15) is 11.9 Å². The van der Waals surface area contributed by atoms with Crippen LogP contribution in [0.25, 0.3) is 0 Å². The van der Waals surface area contributed by atoms with Gasteiger partial charge in [0, 0.05) is 13.0 Å². The zero-order chi connectivity index (χ0) is 13.9. The Kier molecular flexibility index (Phi) is 4.62. The van der Waals surface area contributed by atoms with Crippen LogP contribution < -0.4 is 0 Å².